The lowest BCUT2D eigenvalue weighted by molar-refractivity contribution is -0.155. The number of rotatable bonds is 5. The van der Waals surface area contributed by atoms with Gasteiger partial charge in [-0.2, -0.15) is 0 Å². The molecule has 0 aliphatic carbocycles. The Morgan fingerprint density at radius 3 is 2.44 bits per heavy atom. The highest BCUT2D eigenvalue weighted by Crippen LogP contribution is 2.13. The maximum Gasteiger partial charge on any atom is 0.322 e. The second-order valence-electron chi connectivity index (χ2n) is 5.00. The molecule has 0 aliphatic rings. The van der Waals surface area contributed by atoms with Crippen LogP contribution in [0.3, 0.4) is 0 Å². The van der Waals surface area contributed by atoms with E-state index in [1.165, 1.54) is 0 Å². The maximum atomic E-state index is 11.7. The molecule has 0 saturated carbocycles. The molecule has 0 aliphatic heterocycles. The minimum Gasteiger partial charge on any atom is -0.459 e. The number of ether oxygens (including phenoxy) is 2. The Morgan fingerprint density at radius 1 is 1.28 bits per heavy atom. The van der Waals surface area contributed by atoms with E-state index in [1.807, 2.05) is 51.1 Å². The van der Waals surface area contributed by atoms with E-state index in [1.54, 1.807) is 0 Å². The molecule has 1 atom stereocenters. The predicted molar refractivity (Wildman–Crippen MR) is 74.7 cm³/mol. The highest BCUT2D eigenvalue weighted by molar-refractivity contribution is 9.10. The molecule has 0 spiro atoms. The molecule has 0 fully saturated rings. The van der Waals surface area contributed by atoms with Gasteiger partial charge in [-0.1, -0.05) is 46.3 Å². The molecular weight excluding hydrogens is 296 g/mol. The number of halogens is 1. The second-order valence-corrected chi connectivity index (χ2v) is 6.11. The largest absolute Gasteiger partial charge is 0.459 e. The van der Waals surface area contributed by atoms with Crippen LogP contribution in [-0.4, -0.2) is 23.0 Å². The topological polar surface area (TPSA) is 35.5 Å². The molecule has 1 rings (SSSR count). The summed E-state index contributed by atoms with van der Waals surface area (Å²) in [7, 11) is 0. The monoisotopic (exact) mass is 314 g/mol. The molecule has 4 heteroatoms. The van der Waals surface area contributed by atoms with Crippen molar-refractivity contribution in [3.05, 3.63) is 35.9 Å². The van der Waals surface area contributed by atoms with Crippen LogP contribution >= 0.6 is 15.9 Å². The molecule has 1 aromatic rings. The summed E-state index contributed by atoms with van der Waals surface area (Å²) < 4.78 is 10.7. The van der Waals surface area contributed by atoms with Crippen LogP contribution in [-0.2, 0) is 20.9 Å². The highest BCUT2D eigenvalue weighted by Gasteiger charge is 2.22. The van der Waals surface area contributed by atoms with Crippen LogP contribution in [0.5, 0.6) is 0 Å². The van der Waals surface area contributed by atoms with E-state index in [0.717, 1.165) is 5.56 Å². The van der Waals surface area contributed by atoms with E-state index in [0.29, 0.717) is 13.2 Å². The summed E-state index contributed by atoms with van der Waals surface area (Å²) in [5.74, 6) is -0.296. The van der Waals surface area contributed by atoms with Crippen LogP contribution in [0.4, 0.5) is 0 Å². The summed E-state index contributed by atoms with van der Waals surface area (Å²) in [6.07, 6.45) is 0. The van der Waals surface area contributed by atoms with E-state index in [4.69, 9.17) is 9.47 Å². The fourth-order valence-electron chi connectivity index (χ4n) is 1.29. The molecule has 1 unspecified atom stereocenters. The van der Waals surface area contributed by atoms with Crippen molar-refractivity contribution in [1.82, 2.24) is 0 Å². The first-order valence-corrected chi connectivity index (χ1v) is 6.78. The number of alkyl halides is 1. The Morgan fingerprint density at radius 2 is 1.89 bits per heavy atom. The third-order valence-corrected chi connectivity index (χ3v) is 2.68. The lowest BCUT2D eigenvalue weighted by Gasteiger charge is -2.21. The van der Waals surface area contributed by atoms with E-state index in [2.05, 4.69) is 15.9 Å². The van der Waals surface area contributed by atoms with Crippen molar-refractivity contribution in [2.45, 2.75) is 37.8 Å². The van der Waals surface area contributed by atoms with Crippen LogP contribution in [0.2, 0.25) is 0 Å². The number of hydrogen-bond acceptors (Lipinski definition) is 3. The Hall–Kier alpha value is -0.870. The Balaban J connectivity index is 2.29. The van der Waals surface area contributed by atoms with Crippen molar-refractivity contribution in [1.29, 1.82) is 0 Å². The van der Waals surface area contributed by atoms with Crippen molar-refractivity contribution in [3.8, 4) is 0 Å². The first-order chi connectivity index (χ1) is 8.38. The minimum atomic E-state index is -0.470. The molecule has 0 N–H and O–H groups in total. The first-order valence-electron chi connectivity index (χ1n) is 5.87. The van der Waals surface area contributed by atoms with Gasteiger partial charge in [-0.15, -0.1) is 0 Å². The van der Waals surface area contributed by atoms with E-state index in [-0.39, 0.29) is 5.97 Å². The van der Waals surface area contributed by atoms with Gasteiger partial charge in [0.1, 0.15) is 10.4 Å². The SMILES string of the molecule is CC(C)(C)OC(=O)C(Br)COCc1ccccc1. The van der Waals surface area contributed by atoms with E-state index >= 15 is 0 Å². The summed E-state index contributed by atoms with van der Waals surface area (Å²) in [6.45, 7) is 6.32. The molecule has 0 amide bonds. The van der Waals surface area contributed by atoms with E-state index in [9.17, 15) is 4.79 Å². The summed E-state index contributed by atoms with van der Waals surface area (Å²) >= 11 is 3.27. The molecule has 0 bridgehead atoms. The van der Waals surface area contributed by atoms with Crippen LogP contribution in [0, 0.1) is 0 Å². The average molecular weight is 315 g/mol. The van der Waals surface area contributed by atoms with Gasteiger partial charge in [-0.3, -0.25) is 4.79 Å². The van der Waals surface area contributed by atoms with Gasteiger partial charge in [0.05, 0.1) is 13.2 Å². The van der Waals surface area contributed by atoms with Crippen molar-refractivity contribution < 1.29 is 14.3 Å². The summed E-state index contributed by atoms with van der Waals surface area (Å²) in [6, 6.07) is 9.83. The number of esters is 1. The summed E-state index contributed by atoms with van der Waals surface area (Å²) in [5, 5.41) is 0. The Bertz CT molecular complexity index is 370. The fourth-order valence-corrected chi connectivity index (χ4v) is 1.57. The van der Waals surface area contributed by atoms with Crippen LogP contribution in [0.15, 0.2) is 30.3 Å². The first kappa shape index (κ1) is 15.2. The predicted octanol–water partition coefficient (Wildman–Crippen LogP) is 3.31. The normalized spacial score (nSPS) is 13.1. The van der Waals surface area contributed by atoms with Gasteiger partial charge in [0.25, 0.3) is 0 Å². The molecular formula is C14H19BrO3. The standard InChI is InChI=1S/C14H19BrO3/c1-14(2,3)18-13(16)12(15)10-17-9-11-7-5-4-6-8-11/h4-8,12H,9-10H2,1-3H3. The van der Waals surface area contributed by atoms with Crippen molar-refractivity contribution in [3.63, 3.8) is 0 Å². The lowest BCUT2D eigenvalue weighted by atomic mass is 10.2. The van der Waals surface area contributed by atoms with Crippen molar-refractivity contribution >= 4 is 21.9 Å². The van der Waals surface area contributed by atoms with Crippen LogP contribution in [0.1, 0.15) is 26.3 Å². The average Bonchev–Trinajstić information content (AvgIpc) is 2.28. The Labute approximate surface area is 117 Å². The van der Waals surface area contributed by atoms with Gasteiger partial charge in [-0.05, 0) is 26.3 Å². The lowest BCUT2D eigenvalue weighted by Crippen LogP contribution is -2.31. The molecule has 1 aromatic carbocycles. The molecule has 0 radical (unpaired) electrons. The highest BCUT2D eigenvalue weighted by atomic mass is 79.9. The third-order valence-electron chi connectivity index (χ3n) is 2.04. The minimum absolute atomic E-state index is 0.295. The molecule has 0 heterocycles. The quantitative estimate of drug-likeness (QED) is 0.618. The third kappa shape index (κ3) is 6.17. The summed E-state index contributed by atoms with van der Waals surface area (Å²) in [4.78, 5) is 11.2. The second kappa shape index (κ2) is 6.90. The molecule has 100 valence electrons. The molecule has 3 nitrogen and oxygen atoms in total. The van der Waals surface area contributed by atoms with Crippen molar-refractivity contribution in [2.24, 2.45) is 0 Å². The van der Waals surface area contributed by atoms with Gasteiger partial charge < -0.3 is 9.47 Å². The fraction of sp³-hybridized carbons (Fsp3) is 0.500. The number of carbonyl (C=O) groups excluding carboxylic acids is 1. The van der Waals surface area contributed by atoms with Crippen LogP contribution < -0.4 is 0 Å². The van der Waals surface area contributed by atoms with Gasteiger partial charge >= 0.3 is 5.97 Å². The zero-order valence-corrected chi connectivity index (χ0v) is 12.6. The van der Waals surface area contributed by atoms with Gasteiger partial charge in [0.15, 0.2) is 0 Å². The molecule has 0 saturated heterocycles. The van der Waals surface area contributed by atoms with Crippen LogP contribution in [0.25, 0.3) is 0 Å². The maximum absolute atomic E-state index is 11.7. The summed E-state index contributed by atoms with van der Waals surface area (Å²) in [5.41, 5.74) is 0.615. The zero-order valence-electron chi connectivity index (χ0n) is 11.0. The smallest absolute Gasteiger partial charge is 0.322 e. The molecule has 0 aromatic heterocycles. The molecule has 18 heavy (non-hydrogen) atoms. The number of benzene rings is 1. The Kier molecular flexibility index (Phi) is 5.82. The number of carbonyl (C=O) groups is 1. The number of hydrogen-bond donors (Lipinski definition) is 0. The van der Waals surface area contributed by atoms with Gasteiger partial charge in [0, 0.05) is 0 Å². The van der Waals surface area contributed by atoms with E-state index < -0.39 is 10.4 Å². The van der Waals surface area contributed by atoms with Gasteiger partial charge in [-0.25, -0.2) is 0 Å². The van der Waals surface area contributed by atoms with Gasteiger partial charge in [0.2, 0.25) is 0 Å². The zero-order chi connectivity index (χ0) is 13.6. The van der Waals surface area contributed by atoms with Crippen molar-refractivity contribution in [2.75, 3.05) is 6.61 Å².